The fraction of sp³-hybridized carbons (Fsp3) is 0.312. The van der Waals surface area contributed by atoms with Crippen LogP contribution in [0.3, 0.4) is 0 Å². The maximum Gasteiger partial charge on any atom is 0.124 e. The first kappa shape index (κ1) is 32.6. The maximum absolute atomic E-state index is 5.43. The Kier molecular flexibility index (Phi) is 13.1. The number of nitrogen functional groups attached to an aromatic ring is 1. The van der Waals surface area contributed by atoms with E-state index >= 15 is 0 Å². The highest BCUT2D eigenvalue weighted by Gasteiger charge is 2.13. The van der Waals surface area contributed by atoms with Gasteiger partial charge in [0, 0.05) is 72.5 Å². The lowest BCUT2D eigenvalue weighted by atomic mass is 10.2. The molecule has 0 bridgehead atoms. The number of ether oxygens (including phenoxy) is 2. The number of pyridine rings is 1. The molecule has 0 amide bonds. The predicted molar refractivity (Wildman–Crippen MR) is 170 cm³/mol. The summed E-state index contributed by atoms with van der Waals surface area (Å²) in [5.74, 6) is 1.49. The van der Waals surface area contributed by atoms with Crippen molar-refractivity contribution in [2.45, 2.75) is 41.5 Å². The summed E-state index contributed by atoms with van der Waals surface area (Å²) < 4.78 is 12.6. The zero-order valence-corrected chi connectivity index (χ0v) is 25.7. The number of benzene rings is 2. The second-order valence-electron chi connectivity index (χ2n) is 8.38. The molecule has 0 fully saturated rings. The van der Waals surface area contributed by atoms with Gasteiger partial charge in [-0.2, -0.15) is 5.10 Å². The number of nitrogens with zero attached hydrogens (tertiary/aromatic N) is 6. The lowest BCUT2D eigenvalue weighted by Gasteiger charge is -2.24. The molecule has 2 aromatic carbocycles. The number of anilines is 3. The van der Waals surface area contributed by atoms with E-state index in [2.05, 4.69) is 39.0 Å². The van der Waals surface area contributed by atoms with Crippen molar-refractivity contribution in [2.24, 2.45) is 7.05 Å². The van der Waals surface area contributed by atoms with Crippen LogP contribution in [0.25, 0.3) is 22.3 Å². The van der Waals surface area contributed by atoms with Crippen molar-refractivity contribution >= 4 is 28.1 Å². The van der Waals surface area contributed by atoms with Gasteiger partial charge in [-0.3, -0.25) is 14.6 Å². The molecule has 0 aliphatic carbocycles. The van der Waals surface area contributed by atoms with Crippen LogP contribution in [-0.2, 0) is 7.05 Å². The number of fused-ring (bicyclic) bond motifs is 1. The van der Waals surface area contributed by atoms with Crippen molar-refractivity contribution in [2.75, 3.05) is 31.4 Å². The van der Waals surface area contributed by atoms with Gasteiger partial charge in [-0.25, -0.2) is 4.98 Å². The number of nitrogens with two attached hydrogens (primary N) is 1. The topological polar surface area (TPSA) is 104 Å². The van der Waals surface area contributed by atoms with Gasteiger partial charge < -0.3 is 20.1 Å². The minimum atomic E-state index is 0.747. The van der Waals surface area contributed by atoms with Crippen LogP contribution in [0, 0.1) is 6.92 Å². The molecule has 0 spiro atoms. The molecule has 0 saturated carbocycles. The quantitative estimate of drug-likeness (QED) is 0.233. The van der Waals surface area contributed by atoms with Gasteiger partial charge in [0.25, 0.3) is 0 Å². The van der Waals surface area contributed by atoms with E-state index in [1.807, 2.05) is 78.2 Å². The number of aryl methyl sites for hydroxylation is 2. The normalized spacial score (nSPS) is 9.78. The van der Waals surface area contributed by atoms with Crippen molar-refractivity contribution < 1.29 is 9.47 Å². The maximum atomic E-state index is 5.43. The van der Waals surface area contributed by atoms with E-state index in [1.165, 1.54) is 0 Å². The molecular weight excluding hydrogens is 514 g/mol. The Hall–Kier alpha value is -4.66. The first-order valence-electron chi connectivity index (χ1n) is 13.8. The van der Waals surface area contributed by atoms with Crippen molar-refractivity contribution in [3.05, 3.63) is 79.0 Å². The standard InChI is InChI=1S/C22H23N5O2.C6H8N2.2C2H6/c1-5-27(17-8-18(28-3)11-19(9-17)29-4)16-6-7-20-21(10-16)25-22(13-23-20)15-12-24-26(2)14-15;1-5-4-6(7)2-3-8-5;2*1-2/h6-14H,5H2,1-4H3;2-4H,1H3,(H2,7,8);2*1-2H3. The van der Waals surface area contributed by atoms with Gasteiger partial charge in [-0.05, 0) is 44.2 Å². The number of methoxy groups -OCH3 is 2. The minimum absolute atomic E-state index is 0.747. The monoisotopic (exact) mass is 557 g/mol. The predicted octanol–water partition coefficient (Wildman–Crippen LogP) is 7.23. The molecule has 0 atom stereocenters. The van der Waals surface area contributed by atoms with Crippen LogP contribution in [0.1, 0.15) is 40.3 Å². The van der Waals surface area contributed by atoms with Gasteiger partial charge >= 0.3 is 0 Å². The summed E-state index contributed by atoms with van der Waals surface area (Å²) in [4.78, 5) is 15.5. The van der Waals surface area contributed by atoms with Crippen LogP contribution in [0.15, 0.2) is 73.3 Å². The summed E-state index contributed by atoms with van der Waals surface area (Å²) in [7, 11) is 5.19. The van der Waals surface area contributed by atoms with E-state index < -0.39 is 0 Å². The third-order valence-corrected chi connectivity index (χ3v) is 5.72. The van der Waals surface area contributed by atoms with Crippen molar-refractivity contribution in [3.63, 3.8) is 0 Å². The first-order chi connectivity index (χ1) is 19.9. The van der Waals surface area contributed by atoms with E-state index in [4.69, 9.17) is 20.2 Å². The number of hydrogen-bond acceptors (Lipinski definition) is 8. The second-order valence-corrected chi connectivity index (χ2v) is 8.38. The highest BCUT2D eigenvalue weighted by atomic mass is 16.5. The molecule has 218 valence electrons. The zero-order valence-electron chi connectivity index (χ0n) is 25.7. The van der Waals surface area contributed by atoms with Crippen molar-refractivity contribution in [1.29, 1.82) is 0 Å². The molecule has 3 aromatic heterocycles. The molecule has 5 aromatic rings. The molecule has 41 heavy (non-hydrogen) atoms. The molecule has 2 N–H and O–H groups in total. The molecule has 0 unspecified atom stereocenters. The summed E-state index contributed by atoms with van der Waals surface area (Å²) >= 11 is 0. The second kappa shape index (κ2) is 16.4. The number of rotatable bonds is 6. The summed E-state index contributed by atoms with van der Waals surface area (Å²) in [6.45, 7) is 12.8. The molecule has 0 radical (unpaired) electrons. The molecule has 9 nitrogen and oxygen atoms in total. The van der Waals surface area contributed by atoms with Crippen LogP contribution in [0.4, 0.5) is 17.1 Å². The van der Waals surface area contributed by atoms with Crippen LogP contribution in [0.5, 0.6) is 11.5 Å². The summed E-state index contributed by atoms with van der Waals surface area (Å²) in [6, 6.07) is 15.6. The fourth-order valence-corrected chi connectivity index (χ4v) is 3.89. The molecule has 0 aliphatic heterocycles. The van der Waals surface area contributed by atoms with E-state index in [9.17, 15) is 0 Å². The highest BCUT2D eigenvalue weighted by molar-refractivity contribution is 5.82. The van der Waals surface area contributed by atoms with E-state index in [1.54, 1.807) is 43.6 Å². The molecule has 0 aliphatic rings. The van der Waals surface area contributed by atoms with Gasteiger partial charge in [-0.1, -0.05) is 27.7 Å². The molecular formula is C32H43N7O2. The van der Waals surface area contributed by atoms with Crippen LogP contribution >= 0.6 is 0 Å². The average Bonchev–Trinajstić information content (AvgIpc) is 3.45. The van der Waals surface area contributed by atoms with Gasteiger partial charge in [0.2, 0.25) is 0 Å². The smallest absolute Gasteiger partial charge is 0.124 e. The number of hydrogen-bond donors (Lipinski definition) is 1. The van der Waals surface area contributed by atoms with Crippen LogP contribution in [0.2, 0.25) is 0 Å². The van der Waals surface area contributed by atoms with E-state index in [0.717, 1.165) is 63.1 Å². The van der Waals surface area contributed by atoms with Gasteiger partial charge in [-0.15, -0.1) is 0 Å². The molecule has 9 heteroatoms. The van der Waals surface area contributed by atoms with Gasteiger partial charge in [0.1, 0.15) is 11.5 Å². The lowest BCUT2D eigenvalue weighted by Crippen LogP contribution is -2.16. The Bertz CT molecular complexity index is 1460. The Morgan fingerprint density at radius 2 is 1.51 bits per heavy atom. The third-order valence-electron chi connectivity index (χ3n) is 5.72. The number of aromatic nitrogens is 5. The third kappa shape index (κ3) is 8.93. The Morgan fingerprint density at radius 3 is 2.02 bits per heavy atom. The van der Waals surface area contributed by atoms with E-state index in [-0.39, 0.29) is 0 Å². The largest absolute Gasteiger partial charge is 0.497 e. The van der Waals surface area contributed by atoms with Crippen molar-refractivity contribution in [1.82, 2.24) is 24.7 Å². The first-order valence-corrected chi connectivity index (χ1v) is 13.8. The zero-order chi connectivity index (χ0) is 30.4. The fourth-order valence-electron chi connectivity index (χ4n) is 3.89. The average molecular weight is 558 g/mol. The molecule has 0 saturated heterocycles. The summed E-state index contributed by atoms with van der Waals surface area (Å²) in [6.07, 6.45) is 7.20. The summed E-state index contributed by atoms with van der Waals surface area (Å²) in [5, 5.41) is 4.22. The molecule has 3 heterocycles. The van der Waals surface area contributed by atoms with Gasteiger partial charge in [0.15, 0.2) is 0 Å². The van der Waals surface area contributed by atoms with Crippen LogP contribution in [-0.4, -0.2) is 45.5 Å². The highest BCUT2D eigenvalue weighted by Crippen LogP contribution is 2.33. The minimum Gasteiger partial charge on any atom is -0.497 e. The SMILES string of the molecule is CC.CC.CCN(c1cc(OC)cc(OC)c1)c1ccc2ncc(-c3cnn(C)c3)nc2c1.Cc1cc(N)ccn1. The molecule has 5 rings (SSSR count). The Labute approximate surface area is 244 Å². The Balaban J connectivity index is 0.000000414. The lowest BCUT2D eigenvalue weighted by molar-refractivity contribution is 0.394. The van der Waals surface area contributed by atoms with E-state index in [0.29, 0.717) is 0 Å². The summed E-state index contributed by atoms with van der Waals surface area (Å²) in [5.41, 5.74) is 12.6. The van der Waals surface area contributed by atoms with Crippen LogP contribution < -0.4 is 20.1 Å². The van der Waals surface area contributed by atoms with Gasteiger partial charge in [0.05, 0.1) is 43.3 Å². The van der Waals surface area contributed by atoms with Crippen molar-refractivity contribution in [3.8, 4) is 22.8 Å². The Morgan fingerprint density at radius 1 is 0.829 bits per heavy atom.